The van der Waals surface area contributed by atoms with Crippen LogP contribution in [-0.4, -0.2) is 52.2 Å². The van der Waals surface area contributed by atoms with E-state index in [4.69, 9.17) is 4.74 Å². The largest absolute Gasteiger partial charge is 0.444 e. The highest BCUT2D eigenvalue weighted by Crippen LogP contribution is 2.48. The number of aromatic nitrogens is 1. The molecule has 2 aliphatic rings. The van der Waals surface area contributed by atoms with Gasteiger partial charge in [0.25, 0.3) is 5.92 Å². The van der Waals surface area contributed by atoms with Crippen molar-refractivity contribution in [1.82, 2.24) is 9.88 Å². The van der Waals surface area contributed by atoms with Gasteiger partial charge in [-0.15, -0.1) is 0 Å². The number of likely N-dealkylation sites (tertiary alicyclic amines) is 1. The normalized spacial score (nSPS) is 21.9. The van der Waals surface area contributed by atoms with Gasteiger partial charge in [-0.1, -0.05) is 42.5 Å². The van der Waals surface area contributed by atoms with E-state index in [1.54, 1.807) is 45.3 Å². The Morgan fingerprint density at radius 3 is 2.51 bits per heavy atom. The lowest BCUT2D eigenvalue weighted by Gasteiger charge is -2.38. The predicted molar refractivity (Wildman–Crippen MR) is 152 cm³/mol. The van der Waals surface area contributed by atoms with Crippen molar-refractivity contribution in [3.05, 3.63) is 77.6 Å². The summed E-state index contributed by atoms with van der Waals surface area (Å²) in [4.78, 5) is 43.1. The van der Waals surface area contributed by atoms with E-state index in [9.17, 15) is 23.2 Å². The molecule has 8 heteroatoms. The molecule has 1 saturated heterocycles. The van der Waals surface area contributed by atoms with Crippen LogP contribution >= 0.6 is 0 Å². The monoisotopic (exact) mass is 562 g/mol. The minimum atomic E-state index is -3.09. The van der Waals surface area contributed by atoms with Gasteiger partial charge >= 0.3 is 6.09 Å². The summed E-state index contributed by atoms with van der Waals surface area (Å²) in [6.07, 6.45) is 4.17. The lowest BCUT2D eigenvalue weighted by atomic mass is 9.87. The van der Waals surface area contributed by atoms with Gasteiger partial charge in [0.2, 0.25) is 0 Å². The maximum absolute atomic E-state index is 14.8. The van der Waals surface area contributed by atoms with E-state index in [1.807, 2.05) is 36.4 Å². The van der Waals surface area contributed by atoms with Crippen LogP contribution in [0.3, 0.4) is 0 Å². The SMILES string of the molecule is CC(C)(C)OC(=O)N1CCC(CCC(=O)c2ccc([C@@H]3C[C@H]3C(=O)Cc3ccc4cnccc4c3)cc2)C(F)(F)C1. The fourth-order valence-corrected chi connectivity index (χ4v) is 5.68. The van der Waals surface area contributed by atoms with Crippen molar-refractivity contribution in [2.24, 2.45) is 11.8 Å². The Morgan fingerprint density at radius 2 is 1.80 bits per heavy atom. The van der Waals surface area contributed by atoms with Gasteiger partial charge in [-0.05, 0) is 68.5 Å². The molecule has 0 spiro atoms. The van der Waals surface area contributed by atoms with Crippen molar-refractivity contribution in [3.8, 4) is 0 Å². The molecule has 1 unspecified atom stereocenters. The zero-order chi connectivity index (χ0) is 29.4. The highest BCUT2D eigenvalue weighted by molar-refractivity contribution is 5.96. The van der Waals surface area contributed by atoms with Crippen LogP contribution in [0.4, 0.5) is 13.6 Å². The minimum Gasteiger partial charge on any atom is -0.444 e. The second-order valence-corrected chi connectivity index (χ2v) is 12.4. The summed E-state index contributed by atoms with van der Waals surface area (Å²) < 4.78 is 34.9. The van der Waals surface area contributed by atoms with Gasteiger partial charge in [0, 0.05) is 54.6 Å². The third-order valence-electron chi connectivity index (χ3n) is 8.07. The first-order valence-corrected chi connectivity index (χ1v) is 14.2. The quantitative estimate of drug-likeness (QED) is 0.276. The molecule has 1 aliphatic heterocycles. The average molecular weight is 563 g/mol. The Kier molecular flexibility index (Phi) is 7.95. The van der Waals surface area contributed by atoms with Crippen molar-refractivity contribution in [2.75, 3.05) is 13.1 Å². The molecule has 0 bridgehead atoms. The number of ether oxygens (including phenoxy) is 1. The summed E-state index contributed by atoms with van der Waals surface area (Å²) in [7, 11) is 0. The number of hydrogen-bond donors (Lipinski definition) is 0. The van der Waals surface area contributed by atoms with E-state index in [2.05, 4.69) is 4.98 Å². The van der Waals surface area contributed by atoms with Crippen LogP contribution in [0, 0.1) is 11.8 Å². The highest BCUT2D eigenvalue weighted by atomic mass is 19.3. The molecular formula is C33H36F2N2O4. The van der Waals surface area contributed by atoms with E-state index in [0.29, 0.717) is 12.0 Å². The zero-order valence-electron chi connectivity index (χ0n) is 23.7. The summed E-state index contributed by atoms with van der Waals surface area (Å²) in [5.41, 5.74) is 1.74. The van der Waals surface area contributed by atoms with Crippen molar-refractivity contribution < 1.29 is 27.9 Å². The van der Waals surface area contributed by atoms with Crippen LogP contribution in [-0.2, 0) is 16.0 Å². The molecule has 0 radical (unpaired) electrons. The van der Waals surface area contributed by atoms with Gasteiger partial charge < -0.3 is 9.64 Å². The number of pyridine rings is 1. The van der Waals surface area contributed by atoms with Crippen LogP contribution in [0.2, 0.25) is 0 Å². The Morgan fingerprint density at radius 1 is 1.05 bits per heavy atom. The molecular weight excluding hydrogens is 526 g/mol. The van der Waals surface area contributed by atoms with Crippen molar-refractivity contribution in [2.45, 2.75) is 70.3 Å². The first kappa shape index (κ1) is 28.8. The number of halogens is 2. The molecule has 3 atom stereocenters. The van der Waals surface area contributed by atoms with Crippen LogP contribution in [0.15, 0.2) is 60.9 Å². The van der Waals surface area contributed by atoms with Crippen molar-refractivity contribution in [3.63, 3.8) is 0 Å². The standard InChI is InChI=1S/C33H36F2N2O4/c1-32(2,3)41-31(40)37-15-13-26(33(34,35)20-37)10-11-29(38)23-8-6-22(7-9-23)27-18-28(27)30(39)17-21-4-5-25-19-36-14-12-24(25)16-21/h4-9,12,14,16,19,26-28H,10-11,13,15,17-18,20H2,1-3H3/t26?,27-,28+/m0/s1. The zero-order valence-corrected chi connectivity index (χ0v) is 23.7. The molecule has 1 aromatic heterocycles. The number of carbonyl (C=O) groups is 3. The molecule has 3 aromatic rings. The first-order chi connectivity index (χ1) is 19.4. The summed E-state index contributed by atoms with van der Waals surface area (Å²) in [6.45, 7) is 4.57. The molecule has 2 aromatic carbocycles. The number of fused-ring (bicyclic) bond motifs is 1. The van der Waals surface area contributed by atoms with E-state index in [-0.39, 0.29) is 49.2 Å². The number of carbonyl (C=O) groups excluding carboxylic acids is 3. The highest BCUT2D eigenvalue weighted by Gasteiger charge is 2.46. The van der Waals surface area contributed by atoms with Crippen molar-refractivity contribution >= 4 is 28.4 Å². The lowest BCUT2D eigenvalue weighted by Crippen LogP contribution is -2.51. The molecule has 0 N–H and O–H groups in total. The van der Waals surface area contributed by atoms with Gasteiger partial charge in [0.05, 0.1) is 6.54 Å². The number of nitrogens with zero attached hydrogens (tertiary/aromatic N) is 2. The van der Waals surface area contributed by atoms with Crippen LogP contribution in [0.5, 0.6) is 0 Å². The smallest absolute Gasteiger partial charge is 0.410 e. The van der Waals surface area contributed by atoms with Crippen LogP contribution in [0.25, 0.3) is 10.8 Å². The van der Waals surface area contributed by atoms with Crippen molar-refractivity contribution in [1.29, 1.82) is 0 Å². The first-order valence-electron chi connectivity index (χ1n) is 14.2. The Balaban J connectivity index is 1.10. The summed E-state index contributed by atoms with van der Waals surface area (Å²) in [5.74, 6) is -3.92. The molecule has 1 aliphatic carbocycles. The van der Waals surface area contributed by atoms with Gasteiger partial charge in [0.1, 0.15) is 11.4 Å². The number of hydrogen-bond acceptors (Lipinski definition) is 5. The molecule has 1 amide bonds. The summed E-state index contributed by atoms with van der Waals surface area (Å²) in [5, 5.41) is 2.10. The van der Waals surface area contributed by atoms with E-state index in [1.165, 1.54) is 0 Å². The van der Waals surface area contributed by atoms with E-state index in [0.717, 1.165) is 33.2 Å². The molecule has 41 heavy (non-hydrogen) atoms. The van der Waals surface area contributed by atoms with E-state index < -0.39 is 30.1 Å². The number of Topliss-reactive ketones (excluding diaryl/α,β-unsaturated/α-hetero) is 2. The number of benzene rings is 2. The summed E-state index contributed by atoms with van der Waals surface area (Å²) >= 11 is 0. The molecule has 2 fully saturated rings. The number of piperidine rings is 1. The maximum atomic E-state index is 14.8. The van der Waals surface area contributed by atoms with E-state index >= 15 is 0 Å². The maximum Gasteiger partial charge on any atom is 0.410 e. The second-order valence-electron chi connectivity index (χ2n) is 12.4. The Labute approximate surface area is 239 Å². The topological polar surface area (TPSA) is 76.6 Å². The van der Waals surface area contributed by atoms with Crippen LogP contribution < -0.4 is 0 Å². The Bertz CT molecular complexity index is 1450. The summed E-state index contributed by atoms with van der Waals surface area (Å²) in [6, 6.07) is 15.2. The molecule has 1 saturated carbocycles. The Hall–Kier alpha value is -3.68. The second kappa shape index (κ2) is 11.3. The average Bonchev–Trinajstić information content (AvgIpc) is 3.72. The minimum absolute atomic E-state index is 0.0123. The fraction of sp³-hybridized carbons (Fsp3) is 0.455. The lowest BCUT2D eigenvalue weighted by molar-refractivity contribution is -0.119. The van der Waals surface area contributed by atoms with Gasteiger partial charge in [-0.3, -0.25) is 14.6 Å². The fourth-order valence-electron chi connectivity index (χ4n) is 5.68. The van der Waals surface area contributed by atoms with Crippen LogP contribution in [0.1, 0.15) is 73.9 Å². The molecule has 216 valence electrons. The molecule has 2 heterocycles. The third kappa shape index (κ3) is 6.97. The molecule has 5 rings (SSSR count). The number of amides is 1. The number of ketones is 2. The molecule has 6 nitrogen and oxygen atoms in total. The number of rotatable bonds is 8. The van der Waals surface area contributed by atoms with Gasteiger partial charge in [-0.2, -0.15) is 0 Å². The van der Waals surface area contributed by atoms with Gasteiger partial charge in [0.15, 0.2) is 5.78 Å². The third-order valence-corrected chi connectivity index (χ3v) is 8.07. The number of alkyl halides is 2. The predicted octanol–water partition coefficient (Wildman–Crippen LogP) is 7.01. The van der Waals surface area contributed by atoms with Gasteiger partial charge in [-0.25, -0.2) is 13.6 Å².